The van der Waals surface area contributed by atoms with Crippen LogP contribution in [0.4, 0.5) is 4.39 Å². The number of hydrogen-bond donors (Lipinski definition) is 1. The summed E-state index contributed by atoms with van der Waals surface area (Å²) in [5.41, 5.74) is 3.91. The van der Waals surface area contributed by atoms with E-state index in [1.54, 1.807) is 17.7 Å². The Kier molecular flexibility index (Phi) is 6.09. The van der Waals surface area contributed by atoms with Crippen molar-refractivity contribution >= 4 is 0 Å². The molecule has 1 aliphatic carbocycles. The average molecular weight is 341 g/mol. The molecule has 2 nitrogen and oxygen atoms in total. The zero-order valence-corrected chi connectivity index (χ0v) is 15.1. The zero-order valence-electron chi connectivity index (χ0n) is 15.1. The van der Waals surface area contributed by atoms with Crippen molar-refractivity contribution in [3.8, 4) is 5.75 Å². The molecule has 0 spiro atoms. The molecule has 1 saturated heterocycles. The summed E-state index contributed by atoms with van der Waals surface area (Å²) in [6, 6.07) is 5.51. The third-order valence-corrected chi connectivity index (χ3v) is 5.19. The van der Waals surface area contributed by atoms with E-state index in [-0.39, 0.29) is 11.9 Å². The van der Waals surface area contributed by atoms with Gasteiger partial charge in [0.25, 0.3) is 0 Å². The molecule has 25 heavy (non-hydrogen) atoms. The highest BCUT2D eigenvalue weighted by Crippen LogP contribution is 2.35. The van der Waals surface area contributed by atoms with E-state index in [9.17, 15) is 4.39 Å². The summed E-state index contributed by atoms with van der Waals surface area (Å²) < 4.78 is 19.4. The fourth-order valence-corrected chi connectivity index (χ4v) is 3.90. The maximum Gasteiger partial charge on any atom is 0.165 e. The number of nitrogens with one attached hydrogen (secondary N) is 1. The van der Waals surface area contributed by atoms with Crippen LogP contribution in [0.3, 0.4) is 0 Å². The largest absolute Gasteiger partial charge is 0.491 e. The predicted octanol–water partition coefficient (Wildman–Crippen LogP) is 5.49. The van der Waals surface area contributed by atoms with Crippen LogP contribution in [0.15, 0.2) is 54.2 Å². The Morgan fingerprint density at radius 1 is 1.36 bits per heavy atom. The second kappa shape index (κ2) is 8.48. The van der Waals surface area contributed by atoms with Gasteiger partial charge < -0.3 is 10.1 Å². The van der Waals surface area contributed by atoms with Crippen molar-refractivity contribution in [3.05, 3.63) is 65.5 Å². The summed E-state index contributed by atoms with van der Waals surface area (Å²) in [6.07, 6.45) is 12.4. The number of rotatable bonds is 6. The van der Waals surface area contributed by atoms with E-state index >= 15 is 0 Å². The monoisotopic (exact) mass is 341 g/mol. The van der Waals surface area contributed by atoms with Crippen molar-refractivity contribution in [2.24, 2.45) is 5.92 Å². The fraction of sp³-hybridized carbons (Fsp3) is 0.455. The van der Waals surface area contributed by atoms with Crippen LogP contribution in [0.5, 0.6) is 5.75 Å². The molecule has 3 rings (SSSR count). The summed E-state index contributed by atoms with van der Waals surface area (Å²) >= 11 is 0. The highest BCUT2D eigenvalue weighted by atomic mass is 19.1. The molecular formula is C22H28FNO. The van der Waals surface area contributed by atoms with Gasteiger partial charge in [-0.3, -0.25) is 0 Å². The van der Waals surface area contributed by atoms with E-state index in [4.69, 9.17) is 4.74 Å². The molecule has 1 aromatic carbocycles. The SMILES string of the molecule is C=C/C=C(\C=C1CCCC1)C1CNC(c2ccc(OCC)c(F)c2)C1. The first-order valence-electron chi connectivity index (χ1n) is 9.39. The molecule has 0 radical (unpaired) electrons. The summed E-state index contributed by atoms with van der Waals surface area (Å²) in [7, 11) is 0. The van der Waals surface area contributed by atoms with Crippen molar-refractivity contribution in [1.29, 1.82) is 0 Å². The highest BCUT2D eigenvalue weighted by molar-refractivity contribution is 5.35. The zero-order chi connectivity index (χ0) is 17.6. The lowest BCUT2D eigenvalue weighted by Crippen LogP contribution is -2.14. The molecule has 0 aromatic heterocycles. The lowest BCUT2D eigenvalue weighted by atomic mass is 9.91. The van der Waals surface area contributed by atoms with Gasteiger partial charge in [-0.05, 0) is 68.2 Å². The van der Waals surface area contributed by atoms with Crippen LogP contribution in [0.25, 0.3) is 0 Å². The van der Waals surface area contributed by atoms with Crippen LogP contribution in [-0.2, 0) is 0 Å². The van der Waals surface area contributed by atoms with Gasteiger partial charge >= 0.3 is 0 Å². The Hall–Kier alpha value is -1.87. The normalized spacial score (nSPS) is 23.8. The third kappa shape index (κ3) is 4.40. The Labute approximate surface area is 150 Å². The Morgan fingerprint density at radius 3 is 2.84 bits per heavy atom. The number of ether oxygens (including phenoxy) is 1. The molecule has 1 heterocycles. The van der Waals surface area contributed by atoms with Crippen LogP contribution in [0.1, 0.15) is 50.6 Å². The molecule has 134 valence electrons. The predicted molar refractivity (Wildman–Crippen MR) is 101 cm³/mol. The molecule has 1 aromatic rings. The summed E-state index contributed by atoms with van der Waals surface area (Å²) in [5, 5.41) is 3.55. The van der Waals surface area contributed by atoms with E-state index in [0.29, 0.717) is 18.3 Å². The fourth-order valence-electron chi connectivity index (χ4n) is 3.90. The minimum atomic E-state index is -0.278. The smallest absolute Gasteiger partial charge is 0.165 e. The van der Waals surface area contributed by atoms with Gasteiger partial charge in [0.1, 0.15) is 0 Å². The Morgan fingerprint density at radius 2 is 2.16 bits per heavy atom. The van der Waals surface area contributed by atoms with Crippen LogP contribution in [-0.4, -0.2) is 13.2 Å². The lowest BCUT2D eigenvalue weighted by Gasteiger charge is -2.14. The molecule has 0 amide bonds. The lowest BCUT2D eigenvalue weighted by molar-refractivity contribution is 0.321. The number of benzene rings is 1. The highest BCUT2D eigenvalue weighted by Gasteiger charge is 2.28. The molecule has 2 atom stereocenters. The van der Waals surface area contributed by atoms with Crippen molar-refractivity contribution in [3.63, 3.8) is 0 Å². The molecule has 1 N–H and O–H groups in total. The first-order chi connectivity index (χ1) is 12.2. The quantitative estimate of drug-likeness (QED) is 0.691. The van der Waals surface area contributed by atoms with Crippen molar-refractivity contribution in [2.75, 3.05) is 13.2 Å². The summed E-state index contributed by atoms with van der Waals surface area (Å²) in [5.74, 6) is 0.504. The van der Waals surface area contributed by atoms with Crippen molar-refractivity contribution < 1.29 is 9.13 Å². The van der Waals surface area contributed by atoms with Gasteiger partial charge in [-0.2, -0.15) is 0 Å². The van der Waals surface area contributed by atoms with Gasteiger partial charge in [0.15, 0.2) is 11.6 Å². The molecule has 2 aliphatic rings. The minimum Gasteiger partial charge on any atom is -0.491 e. The van der Waals surface area contributed by atoms with Gasteiger partial charge in [-0.15, -0.1) is 0 Å². The van der Waals surface area contributed by atoms with Gasteiger partial charge in [-0.25, -0.2) is 4.39 Å². The van der Waals surface area contributed by atoms with E-state index in [0.717, 1.165) is 18.5 Å². The molecule has 3 heteroatoms. The Bertz CT molecular complexity index is 669. The molecule has 1 saturated carbocycles. The summed E-state index contributed by atoms with van der Waals surface area (Å²) in [4.78, 5) is 0. The van der Waals surface area contributed by atoms with Crippen LogP contribution in [0, 0.1) is 11.7 Å². The standard InChI is InChI=1S/C22H28FNO/c1-3-7-17(12-16-8-5-6-9-16)19-14-21(24-15-19)18-10-11-22(25-4-2)20(23)13-18/h3,7,10-13,19,21,24H,1,4-6,8-9,14-15H2,2H3/b17-7+. The molecule has 2 unspecified atom stereocenters. The van der Waals surface area contributed by atoms with Crippen LogP contribution in [0.2, 0.25) is 0 Å². The molecule has 2 fully saturated rings. The van der Waals surface area contributed by atoms with Gasteiger partial charge in [0.05, 0.1) is 6.61 Å². The number of hydrogen-bond acceptors (Lipinski definition) is 2. The van der Waals surface area contributed by atoms with E-state index in [2.05, 4.69) is 24.0 Å². The van der Waals surface area contributed by atoms with E-state index in [1.807, 2.05) is 19.1 Å². The topological polar surface area (TPSA) is 21.3 Å². The van der Waals surface area contributed by atoms with Crippen LogP contribution >= 0.6 is 0 Å². The van der Waals surface area contributed by atoms with Crippen molar-refractivity contribution in [2.45, 2.75) is 45.1 Å². The first kappa shape index (κ1) is 17.9. The first-order valence-corrected chi connectivity index (χ1v) is 9.39. The number of halogens is 1. The van der Waals surface area contributed by atoms with E-state index in [1.165, 1.54) is 31.3 Å². The minimum absolute atomic E-state index is 0.186. The number of allylic oxidation sites excluding steroid dienone is 4. The second-order valence-corrected chi connectivity index (χ2v) is 6.93. The second-order valence-electron chi connectivity index (χ2n) is 6.93. The van der Waals surface area contributed by atoms with Gasteiger partial charge in [0.2, 0.25) is 0 Å². The third-order valence-electron chi connectivity index (χ3n) is 5.19. The Balaban J connectivity index is 1.71. The molecular weight excluding hydrogens is 313 g/mol. The van der Waals surface area contributed by atoms with Crippen molar-refractivity contribution in [1.82, 2.24) is 5.32 Å². The van der Waals surface area contributed by atoms with Gasteiger partial charge in [0, 0.05) is 12.6 Å². The summed E-state index contributed by atoms with van der Waals surface area (Å²) in [6.45, 7) is 7.13. The van der Waals surface area contributed by atoms with E-state index < -0.39 is 0 Å². The van der Waals surface area contributed by atoms with Crippen LogP contribution < -0.4 is 10.1 Å². The average Bonchev–Trinajstić information content (AvgIpc) is 3.28. The maximum atomic E-state index is 14.2. The van der Waals surface area contributed by atoms with Gasteiger partial charge in [-0.1, -0.05) is 36.4 Å². The maximum absolute atomic E-state index is 14.2. The molecule has 0 bridgehead atoms. The molecule has 1 aliphatic heterocycles.